The van der Waals surface area contributed by atoms with Crippen molar-refractivity contribution in [2.45, 2.75) is 6.54 Å². The molecule has 0 saturated carbocycles. The van der Waals surface area contributed by atoms with Gasteiger partial charge >= 0.3 is 6.03 Å². The van der Waals surface area contributed by atoms with Crippen LogP contribution in [0.3, 0.4) is 0 Å². The number of halogens is 2. The van der Waals surface area contributed by atoms with Gasteiger partial charge in [-0.3, -0.25) is 15.2 Å². The maximum atomic E-state index is 13.2. The van der Waals surface area contributed by atoms with Crippen LogP contribution in [-0.4, -0.2) is 51.1 Å². The van der Waals surface area contributed by atoms with Crippen molar-refractivity contribution in [1.82, 2.24) is 30.4 Å². The minimum Gasteiger partial charge on any atom is -0.347 e. The van der Waals surface area contributed by atoms with Crippen molar-refractivity contribution < 1.29 is 14.0 Å². The minimum absolute atomic E-state index is 0.0268. The number of benzene rings is 1. The molecule has 0 unspecified atom stereocenters. The highest BCUT2D eigenvalue weighted by Gasteiger charge is 2.18. The zero-order valence-electron chi connectivity index (χ0n) is 14.4. The number of nitrogens with one attached hydrogen (secondary N) is 3. The van der Waals surface area contributed by atoms with Crippen LogP contribution in [0.5, 0.6) is 0 Å². The van der Waals surface area contributed by atoms with E-state index in [9.17, 15) is 14.0 Å². The Kier molecular flexibility index (Phi) is 5.17. The molecule has 2 heterocycles. The van der Waals surface area contributed by atoms with Crippen LogP contribution < -0.4 is 10.6 Å². The highest BCUT2D eigenvalue weighted by Crippen LogP contribution is 2.20. The molecule has 2 aromatic heterocycles. The van der Waals surface area contributed by atoms with Gasteiger partial charge in [-0.25, -0.2) is 19.2 Å². The van der Waals surface area contributed by atoms with E-state index in [4.69, 9.17) is 11.6 Å². The van der Waals surface area contributed by atoms with Gasteiger partial charge in [0.25, 0.3) is 5.91 Å². The summed E-state index contributed by atoms with van der Waals surface area (Å²) in [6, 6.07) is 3.78. The molecule has 3 rings (SSSR count). The summed E-state index contributed by atoms with van der Waals surface area (Å²) in [5.41, 5.74) is 1.27. The summed E-state index contributed by atoms with van der Waals surface area (Å²) in [5.74, 6) is -0.837. The number of carbonyl (C=O) groups excluding carboxylic acids is 2. The normalized spacial score (nSPS) is 10.7. The molecule has 3 amide bonds. The number of aromatic nitrogens is 4. The third-order valence-electron chi connectivity index (χ3n) is 3.63. The third-order valence-corrected chi connectivity index (χ3v) is 3.92. The van der Waals surface area contributed by atoms with E-state index in [1.54, 1.807) is 14.1 Å². The molecule has 11 heteroatoms. The number of carbonyl (C=O) groups is 2. The molecule has 0 spiro atoms. The third kappa shape index (κ3) is 3.95. The second kappa shape index (κ2) is 7.54. The van der Waals surface area contributed by atoms with Gasteiger partial charge in [0.05, 0.1) is 5.02 Å². The Morgan fingerprint density at radius 1 is 1.30 bits per heavy atom. The molecule has 140 valence electrons. The van der Waals surface area contributed by atoms with Crippen molar-refractivity contribution in [3.8, 4) is 0 Å². The van der Waals surface area contributed by atoms with Gasteiger partial charge in [-0.05, 0) is 17.7 Å². The minimum atomic E-state index is -0.533. The van der Waals surface area contributed by atoms with Crippen LogP contribution in [0, 0.1) is 5.82 Å². The number of urea groups is 1. The van der Waals surface area contributed by atoms with Crippen LogP contribution in [-0.2, 0) is 6.54 Å². The van der Waals surface area contributed by atoms with Crippen LogP contribution >= 0.6 is 11.6 Å². The summed E-state index contributed by atoms with van der Waals surface area (Å²) < 4.78 is 13.2. The number of hydrogen-bond donors (Lipinski definition) is 3. The lowest BCUT2D eigenvalue weighted by Crippen LogP contribution is -2.27. The first-order valence-corrected chi connectivity index (χ1v) is 8.14. The lowest BCUT2D eigenvalue weighted by Gasteiger charge is -2.09. The fourth-order valence-corrected chi connectivity index (χ4v) is 2.43. The number of hydrogen-bond acceptors (Lipinski definition) is 5. The number of aromatic amines is 1. The van der Waals surface area contributed by atoms with Crippen molar-refractivity contribution in [3.63, 3.8) is 0 Å². The smallest absolute Gasteiger partial charge is 0.322 e. The van der Waals surface area contributed by atoms with E-state index in [2.05, 4.69) is 30.8 Å². The first-order valence-electron chi connectivity index (χ1n) is 7.76. The molecular weight excluding hydrogens is 377 g/mol. The second-order valence-electron chi connectivity index (χ2n) is 5.77. The molecule has 3 aromatic rings. The highest BCUT2D eigenvalue weighted by atomic mass is 35.5. The number of nitrogens with zero attached hydrogens (tertiary/aromatic N) is 4. The van der Waals surface area contributed by atoms with Gasteiger partial charge in [-0.1, -0.05) is 17.7 Å². The van der Waals surface area contributed by atoms with E-state index in [1.807, 2.05) is 0 Å². The summed E-state index contributed by atoms with van der Waals surface area (Å²) in [6.07, 6.45) is 1.20. The maximum Gasteiger partial charge on any atom is 0.322 e. The Labute approximate surface area is 157 Å². The number of rotatable bonds is 4. The molecule has 0 aliphatic rings. The van der Waals surface area contributed by atoms with Gasteiger partial charge in [0.2, 0.25) is 0 Å². The predicted octanol–water partition coefficient (Wildman–Crippen LogP) is 2.17. The lowest BCUT2D eigenvalue weighted by molar-refractivity contribution is 0.0947. The molecule has 1 aromatic carbocycles. The Bertz CT molecular complexity index is 1020. The van der Waals surface area contributed by atoms with Crippen molar-refractivity contribution in [2.24, 2.45) is 0 Å². The number of anilines is 1. The second-order valence-corrected chi connectivity index (χ2v) is 6.18. The largest absolute Gasteiger partial charge is 0.347 e. The summed E-state index contributed by atoms with van der Waals surface area (Å²) in [6.45, 7) is 0.128. The summed E-state index contributed by atoms with van der Waals surface area (Å²) in [7, 11) is 3.17. The monoisotopic (exact) mass is 391 g/mol. The van der Waals surface area contributed by atoms with Crippen LogP contribution in [0.25, 0.3) is 11.0 Å². The van der Waals surface area contributed by atoms with E-state index in [-0.39, 0.29) is 34.6 Å². The fourth-order valence-electron chi connectivity index (χ4n) is 2.22. The quantitative estimate of drug-likeness (QED) is 0.630. The zero-order chi connectivity index (χ0) is 19.6. The van der Waals surface area contributed by atoms with E-state index < -0.39 is 11.7 Å². The Balaban J connectivity index is 1.79. The van der Waals surface area contributed by atoms with E-state index in [0.29, 0.717) is 11.1 Å². The number of H-pyrrole nitrogens is 1. The van der Waals surface area contributed by atoms with E-state index in [1.165, 1.54) is 29.4 Å². The Morgan fingerprint density at radius 3 is 2.78 bits per heavy atom. The average Bonchev–Trinajstić information content (AvgIpc) is 3.05. The van der Waals surface area contributed by atoms with Gasteiger partial charge in [0, 0.05) is 20.6 Å². The molecule has 27 heavy (non-hydrogen) atoms. The van der Waals surface area contributed by atoms with Gasteiger partial charge in [0.15, 0.2) is 11.5 Å². The predicted molar refractivity (Wildman–Crippen MR) is 97.0 cm³/mol. The van der Waals surface area contributed by atoms with Gasteiger partial charge < -0.3 is 10.2 Å². The summed E-state index contributed by atoms with van der Waals surface area (Å²) >= 11 is 5.73. The molecule has 0 fully saturated rings. The molecule has 0 aliphatic carbocycles. The lowest BCUT2D eigenvalue weighted by atomic mass is 10.2. The molecule has 0 bridgehead atoms. The first kappa shape index (κ1) is 18.5. The zero-order valence-corrected chi connectivity index (χ0v) is 15.1. The molecule has 0 radical (unpaired) electrons. The van der Waals surface area contributed by atoms with Gasteiger partial charge in [-0.15, -0.1) is 0 Å². The summed E-state index contributed by atoms with van der Waals surface area (Å²) in [5, 5.41) is 11.8. The average molecular weight is 392 g/mol. The van der Waals surface area contributed by atoms with Crippen LogP contribution in [0.15, 0.2) is 24.5 Å². The molecule has 3 N–H and O–H groups in total. The molecule has 0 aliphatic heterocycles. The molecule has 9 nitrogen and oxygen atoms in total. The Morgan fingerprint density at radius 2 is 2.07 bits per heavy atom. The van der Waals surface area contributed by atoms with Crippen LogP contribution in [0.2, 0.25) is 5.02 Å². The number of fused-ring (bicyclic) bond motifs is 1. The van der Waals surface area contributed by atoms with Gasteiger partial charge in [0.1, 0.15) is 23.2 Å². The fraction of sp³-hybridized carbons (Fsp3) is 0.188. The van der Waals surface area contributed by atoms with Crippen molar-refractivity contribution in [3.05, 3.63) is 46.6 Å². The van der Waals surface area contributed by atoms with Crippen molar-refractivity contribution in [2.75, 3.05) is 19.4 Å². The van der Waals surface area contributed by atoms with Crippen LogP contribution in [0.1, 0.15) is 16.1 Å². The maximum absolute atomic E-state index is 13.2. The molecule has 0 saturated heterocycles. The van der Waals surface area contributed by atoms with Crippen molar-refractivity contribution in [1.29, 1.82) is 0 Å². The van der Waals surface area contributed by atoms with Gasteiger partial charge in [-0.2, -0.15) is 5.10 Å². The highest BCUT2D eigenvalue weighted by molar-refractivity contribution is 6.30. The Hall–Kier alpha value is -3.27. The number of amides is 3. The molecular formula is C16H15ClFN7O2. The standard InChI is InChI=1S/C16H15ClFN7O2/c1-25(2)16(27)22-14-12-11(23-24-14)13(21-7-20-12)15(26)19-6-8-3-4-10(18)9(17)5-8/h3-5,7H,6H2,1-2H3,(H,19,26)(H2,22,23,24,27). The summed E-state index contributed by atoms with van der Waals surface area (Å²) in [4.78, 5) is 33.6. The SMILES string of the molecule is CN(C)C(=O)Nc1n[nH]c2c(C(=O)NCc3ccc(F)c(Cl)c3)ncnc12. The van der Waals surface area contributed by atoms with Crippen molar-refractivity contribution >= 4 is 40.4 Å². The van der Waals surface area contributed by atoms with Crippen LogP contribution in [0.4, 0.5) is 15.0 Å². The van der Waals surface area contributed by atoms with E-state index in [0.717, 1.165) is 0 Å². The molecule has 0 atom stereocenters. The van der Waals surface area contributed by atoms with E-state index >= 15 is 0 Å². The topological polar surface area (TPSA) is 116 Å². The first-order chi connectivity index (χ1) is 12.9.